The highest BCUT2D eigenvalue weighted by molar-refractivity contribution is 7.15. The van der Waals surface area contributed by atoms with Crippen LogP contribution in [0.2, 0.25) is 0 Å². The summed E-state index contributed by atoms with van der Waals surface area (Å²) in [6.45, 7) is 4.41. The first kappa shape index (κ1) is 11.9. The van der Waals surface area contributed by atoms with Gasteiger partial charge >= 0.3 is 0 Å². The summed E-state index contributed by atoms with van der Waals surface area (Å²) < 4.78 is 0. The van der Waals surface area contributed by atoms with Crippen molar-refractivity contribution in [2.45, 2.75) is 45.2 Å². The predicted molar refractivity (Wildman–Crippen MR) is 70.4 cm³/mol. The van der Waals surface area contributed by atoms with Crippen LogP contribution >= 0.6 is 11.3 Å². The highest BCUT2D eigenvalue weighted by atomic mass is 32.1. The van der Waals surface area contributed by atoms with E-state index >= 15 is 0 Å². The van der Waals surface area contributed by atoms with Gasteiger partial charge in [0.05, 0.1) is 5.69 Å². The van der Waals surface area contributed by atoms with Gasteiger partial charge in [-0.1, -0.05) is 11.3 Å². The van der Waals surface area contributed by atoms with Gasteiger partial charge in [0.1, 0.15) is 0 Å². The van der Waals surface area contributed by atoms with Crippen molar-refractivity contribution in [1.29, 1.82) is 0 Å². The van der Waals surface area contributed by atoms with Crippen molar-refractivity contribution in [3.63, 3.8) is 0 Å². The van der Waals surface area contributed by atoms with Crippen LogP contribution in [0.25, 0.3) is 0 Å². The molecule has 0 saturated heterocycles. The molecular weight excluding hydrogens is 218 g/mol. The summed E-state index contributed by atoms with van der Waals surface area (Å²) in [5.41, 5.74) is 1.32. The number of nitrogens with one attached hydrogen (secondary N) is 1. The maximum Gasteiger partial charge on any atom is 0.185 e. The second-order valence-electron chi connectivity index (χ2n) is 4.75. The summed E-state index contributed by atoms with van der Waals surface area (Å²) in [4.78, 5) is 8.49. The van der Waals surface area contributed by atoms with Crippen molar-refractivity contribution < 1.29 is 0 Å². The fraction of sp³-hybridized carbons (Fsp3) is 0.750. The van der Waals surface area contributed by atoms with E-state index in [0.717, 1.165) is 6.42 Å². The lowest BCUT2D eigenvalue weighted by molar-refractivity contribution is 0.501. The second kappa shape index (κ2) is 4.72. The Hall–Kier alpha value is -0.610. The van der Waals surface area contributed by atoms with Crippen molar-refractivity contribution in [1.82, 2.24) is 10.3 Å². The third kappa shape index (κ3) is 2.09. The van der Waals surface area contributed by atoms with E-state index in [-0.39, 0.29) is 0 Å². The largest absolute Gasteiger partial charge is 0.349 e. The zero-order chi connectivity index (χ0) is 11.7. The lowest BCUT2D eigenvalue weighted by Crippen LogP contribution is -2.25. The van der Waals surface area contributed by atoms with Crippen molar-refractivity contribution in [3.05, 3.63) is 10.6 Å². The van der Waals surface area contributed by atoms with Crippen LogP contribution in [0.3, 0.4) is 0 Å². The molecule has 1 heterocycles. The predicted octanol–water partition coefficient (Wildman–Crippen LogP) is 2.58. The maximum atomic E-state index is 4.77. The summed E-state index contributed by atoms with van der Waals surface area (Å²) in [6, 6.07) is 1.04. The van der Waals surface area contributed by atoms with Crippen molar-refractivity contribution in [2.75, 3.05) is 19.0 Å². The normalized spacial score (nSPS) is 19.9. The van der Waals surface area contributed by atoms with Gasteiger partial charge < -0.3 is 10.2 Å². The molecule has 0 amide bonds. The smallest absolute Gasteiger partial charge is 0.185 e. The molecule has 1 aromatic heterocycles. The van der Waals surface area contributed by atoms with E-state index in [1.807, 2.05) is 18.4 Å². The Balaban J connectivity index is 2.28. The van der Waals surface area contributed by atoms with Crippen LogP contribution in [0.5, 0.6) is 0 Å². The van der Waals surface area contributed by atoms with Crippen LogP contribution in [-0.2, 0) is 6.42 Å². The molecule has 0 radical (unpaired) electrons. The molecule has 0 spiro atoms. The molecule has 2 rings (SSSR count). The number of hydrogen-bond donors (Lipinski definition) is 1. The molecule has 1 aromatic rings. The molecule has 0 aliphatic heterocycles. The maximum absolute atomic E-state index is 4.77. The number of fused-ring (bicyclic) bond motifs is 1. The Morgan fingerprint density at radius 2 is 2.25 bits per heavy atom. The average molecular weight is 239 g/mol. The molecule has 0 aromatic carbocycles. The molecule has 4 heteroatoms. The van der Waals surface area contributed by atoms with E-state index in [1.165, 1.54) is 28.5 Å². The molecule has 0 fully saturated rings. The summed E-state index contributed by atoms with van der Waals surface area (Å²) in [7, 11) is 4.18. The van der Waals surface area contributed by atoms with Crippen LogP contribution in [0.4, 0.5) is 5.13 Å². The van der Waals surface area contributed by atoms with Crippen molar-refractivity contribution in [3.8, 4) is 0 Å². The SMILES string of the molecule is CNC1CCCc2nc(N(C)C(C)C)sc21. The minimum atomic E-state index is 0.514. The summed E-state index contributed by atoms with van der Waals surface area (Å²) in [5, 5.41) is 4.56. The monoisotopic (exact) mass is 239 g/mol. The minimum Gasteiger partial charge on any atom is -0.349 e. The van der Waals surface area contributed by atoms with Gasteiger partial charge in [-0.05, 0) is 40.2 Å². The highest BCUT2D eigenvalue weighted by Gasteiger charge is 2.24. The van der Waals surface area contributed by atoms with E-state index < -0.39 is 0 Å². The van der Waals surface area contributed by atoms with Crippen LogP contribution < -0.4 is 10.2 Å². The van der Waals surface area contributed by atoms with Gasteiger partial charge in [-0.25, -0.2) is 4.98 Å². The fourth-order valence-corrected chi connectivity index (χ4v) is 3.40. The molecule has 16 heavy (non-hydrogen) atoms. The quantitative estimate of drug-likeness (QED) is 0.879. The number of anilines is 1. The Labute approximate surface area is 102 Å². The Morgan fingerprint density at radius 3 is 2.88 bits per heavy atom. The molecule has 1 aliphatic rings. The lowest BCUT2D eigenvalue weighted by atomic mass is 9.98. The number of aryl methyl sites for hydroxylation is 1. The van der Waals surface area contributed by atoms with Crippen LogP contribution in [0.15, 0.2) is 0 Å². The fourth-order valence-electron chi connectivity index (χ4n) is 2.05. The van der Waals surface area contributed by atoms with Crippen LogP contribution in [0.1, 0.15) is 43.3 Å². The van der Waals surface area contributed by atoms with E-state index in [9.17, 15) is 0 Å². The summed E-state index contributed by atoms with van der Waals surface area (Å²) in [6.07, 6.45) is 3.65. The third-order valence-electron chi connectivity index (χ3n) is 3.36. The molecule has 0 saturated carbocycles. The standard InChI is InChI=1S/C12H21N3S/c1-8(2)15(4)12-14-10-7-5-6-9(13-3)11(10)16-12/h8-9,13H,5-7H2,1-4H3. The number of thiazole rings is 1. The average Bonchev–Trinajstić information content (AvgIpc) is 2.70. The van der Waals surface area contributed by atoms with Gasteiger partial charge in [0.2, 0.25) is 0 Å². The van der Waals surface area contributed by atoms with E-state index in [2.05, 4.69) is 31.1 Å². The molecule has 1 atom stereocenters. The first-order valence-electron chi connectivity index (χ1n) is 6.03. The Morgan fingerprint density at radius 1 is 1.50 bits per heavy atom. The van der Waals surface area contributed by atoms with Gasteiger partial charge in [0.15, 0.2) is 5.13 Å². The minimum absolute atomic E-state index is 0.514. The first-order chi connectivity index (χ1) is 7.63. The van der Waals surface area contributed by atoms with Gasteiger partial charge in [-0.15, -0.1) is 0 Å². The van der Waals surface area contributed by atoms with Crippen LogP contribution in [-0.4, -0.2) is 25.1 Å². The Bertz CT molecular complexity index is 359. The van der Waals surface area contributed by atoms with Gasteiger partial charge in [-0.3, -0.25) is 0 Å². The number of aromatic nitrogens is 1. The zero-order valence-electron chi connectivity index (χ0n) is 10.6. The summed E-state index contributed by atoms with van der Waals surface area (Å²) >= 11 is 1.86. The highest BCUT2D eigenvalue weighted by Crippen LogP contribution is 2.37. The molecule has 3 nitrogen and oxygen atoms in total. The number of rotatable bonds is 3. The van der Waals surface area contributed by atoms with Gasteiger partial charge in [0.25, 0.3) is 0 Å². The molecule has 1 unspecified atom stereocenters. The Kier molecular flexibility index (Phi) is 3.50. The summed E-state index contributed by atoms with van der Waals surface area (Å²) in [5.74, 6) is 0. The van der Waals surface area contributed by atoms with Gasteiger partial charge in [-0.2, -0.15) is 0 Å². The second-order valence-corrected chi connectivity index (χ2v) is 5.75. The van der Waals surface area contributed by atoms with Crippen molar-refractivity contribution >= 4 is 16.5 Å². The molecular formula is C12H21N3S. The topological polar surface area (TPSA) is 28.2 Å². The van der Waals surface area contributed by atoms with E-state index in [1.54, 1.807) is 0 Å². The molecule has 0 bridgehead atoms. The third-order valence-corrected chi connectivity index (χ3v) is 4.67. The molecule has 90 valence electrons. The lowest BCUT2D eigenvalue weighted by Gasteiger charge is -2.20. The molecule has 1 N–H and O–H groups in total. The van der Waals surface area contributed by atoms with Crippen molar-refractivity contribution in [2.24, 2.45) is 0 Å². The number of nitrogens with zero attached hydrogens (tertiary/aromatic N) is 2. The first-order valence-corrected chi connectivity index (χ1v) is 6.84. The van der Waals surface area contributed by atoms with E-state index in [0.29, 0.717) is 12.1 Å². The number of hydrogen-bond acceptors (Lipinski definition) is 4. The van der Waals surface area contributed by atoms with Crippen LogP contribution in [0, 0.1) is 0 Å². The zero-order valence-corrected chi connectivity index (χ0v) is 11.4. The molecule has 1 aliphatic carbocycles. The van der Waals surface area contributed by atoms with Gasteiger partial charge in [0, 0.05) is 24.0 Å². The van der Waals surface area contributed by atoms with E-state index in [4.69, 9.17) is 4.98 Å².